The molecule has 0 bridgehead atoms. The monoisotopic (exact) mass is 313 g/mol. The Balaban J connectivity index is 2.12. The minimum absolute atomic E-state index is 0.0630. The molecule has 114 valence electrons. The van der Waals surface area contributed by atoms with Gasteiger partial charge in [0.25, 0.3) is 5.91 Å². The second-order valence-electron chi connectivity index (χ2n) is 4.97. The van der Waals surface area contributed by atoms with Gasteiger partial charge in [-0.3, -0.25) is 9.59 Å². The molecule has 0 aromatic heterocycles. The molecule has 1 aromatic rings. The van der Waals surface area contributed by atoms with Gasteiger partial charge in [-0.05, 0) is 38.0 Å². The van der Waals surface area contributed by atoms with E-state index >= 15 is 0 Å². The first-order valence-corrected chi connectivity index (χ1v) is 7.31. The zero-order valence-corrected chi connectivity index (χ0v) is 12.5. The SMILES string of the molecule is CCOC(=O)[C@@H]1CCCN(C(=O)c2cc(Cl)ccc2F)C1. The highest BCUT2D eigenvalue weighted by Gasteiger charge is 2.30. The van der Waals surface area contributed by atoms with Crippen LogP contribution in [-0.4, -0.2) is 36.5 Å². The Morgan fingerprint density at radius 2 is 2.24 bits per heavy atom. The number of ether oxygens (including phenoxy) is 1. The quantitative estimate of drug-likeness (QED) is 0.806. The van der Waals surface area contributed by atoms with Gasteiger partial charge >= 0.3 is 5.97 Å². The van der Waals surface area contributed by atoms with E-state index in [2.05, 4.69) is 0 Å². The standard InChI is InChI=1S/C15H17ClFNO3/c1-2-21-15(20)10-4-3-7-18(9-10)14(19)12-8-11(16)5-6-13(12)17/h5-6,8,10H,2-4,7,9H2,1H3/t10-/m1/s1. The van der Waals surface area contributed by atoms with Crippen molar-refractivity contribution in [2.75, 3.05) is 19.7 Å². The summed E-state index contributed by atoms with van der Waals surface area (Å²) < 4.78 is 18.7. The van der Waals surface area contributed by atoms with Gasteiger partial charge in [-0.25, -0.2) is 4.39 Å². The van der Waals surface area contributed by atoms with Crippen LogP contribution in [-0.2, 0) is 9.53 Å². The minimum atomic E-state index is -0.609. The summed E-state index contributed by atoms with van der Waals surface area (Å²) in [4.78, 5) is 25.6. The number of likely N-dealkylation sites (tertiary alicyclic amines) is 1. The van der Waals surface area contributed by atoms with Crippen molar-refractivity contribution >= 4 is 23.5 Å². The van der Waals surface area contributed by atoms with Crippen molar-refractivity contribution in [3.05, 3.63) is 34.6 Å². The van der Waals surface area contributed by atoms with Gasteiger partial charge in [-0.1, -0.05) is 11.6 Å². The van der Waals surface area contributed by atoms with E-state index in [9.17, 15) is 14.0 Å². The molecule has 0 saturated carbocycles. The average Bonchev–Trinajstić information content (AvgIpc) is 2.49. The predicted molar refractivity (Wildman–Crippen MR) is 76.7 cm³/mol. The van der Waals surface area contributed by atoms with Gasteiger partial charge in [-0.15, -0.1) is 0 Å². The molecule has 0 aliphatic carbocycles. The molecule has 1 aliphatic rings. The number of hydrogen-bond donors (Lipinski definition) is 0. The average molecular weight is 314 g/mol. The molecule has 0 spiro atoms. The van der Waals surface area contributed by atoms with Crippen LogP contribution in [0.5, 0.6) is 0 Å². The van der Waals surface area contributed by atoms with Crippen LogP contribution >= 0.6 is 11.6 Å². The lowest BCUT2D eigenvalue weighted by Crippen LogP contribution is -2.43. The van der Waals surface area contributed by atoms with E-state index in [4.69, 9.17) is 16.3 Å². The van der Waals surface area contributed by atoms with Gasteiger partial charge in [-0.2, -0.15) is 0 Å². The maximum absolute atomic E-state index is 13.8. The molecule has 0 unspecified atom stereocenters. The second-order valence-corrected chi connectivity index (χ2v) is 5.40. The van der Waals surface area contributed by atoms with Gasteiger partial charge < -0.3 is 9.64 Å². The van der Waals surface area contributed by atoms with E-state index in [0.717, 1.165) is 0 Å². The smallest absolute Gasteiger partial charge is 0.310 e. The second kappa shape index (κ2) is 6.89. The van der Waals surface area contributed by atoms with E-state index in [0.29, 0.717) is 31.0 Å². The fourth-order valence-corrected chi connectivity index (χ4v) is 2.62. The number of piperidine rings is 1. The molecule has 1 aliphatic heterocycles. The highest BCUT2D eigenvalue weighted by Crippen LogP contribution is 2.22. The lowest BCUT2D eigenvalue weighted by molar-refractivity contribution is -0.149. The van der Waals surface area contributed by atoms with Gasteiger partial charge in [0.05, 0.1) is 18.1 Å². The molecule has 21 heavy (non-hydrogen) atoms. The summed E-state index contributed by atoms with van der Waals surface area (Å²) in [6.07, 6.45) is 1.37. The molecule has 0 radical (unpaired) electrons. The lowest BCUT2D eigenvalue weighted by Gasteiger charge is -2.31. The maximum atomic E-state index is 13.8. The Hall–Kier alpha value is -1.62. The summed E-state index contributed by atoms with van der Waals surface area (Å²) in [5, 5.41) is 0.304. The van der Waals surface area contributed by atoms with Crippen LogP contribution in [0.3, 0.4) is 0 Å². The topological polar surface area (TPSA) is 46.6 Å². The number of rotatable bonds is 3. The molecule has 1 heterocycles. The van der Waals surface area contributed by atoms with Gasteiger partial charge in [0.2, 0.25) is 0 Å². The van der Waals surface area contributed by atoms with Crippen molar-refractivity contribution in [1.29, 1.82) is 0 Å². The van der Waals surface area contributed by atoms with Crippen LogP contribution in [0.25, 0.3) is 0 Å². The molecule has 1 saturated heterocycles. The van der Waals surface area contributed by atoms with Gasteiger partial charge in [0, 0.05) is 18.1 Å². The number of halogens is 2. The molecule has 4 nitrogen and oxygen atoms in total. The van der Waals surface area contributed by atoms with Crippen LogP contribution in [0.15, 0.2) is 18.2 Å². The summed E-state index contributed by atoms with van der Waals surface area (Å²) >= 11 is 5.81. The summed E-state index contributed by atoms with van der Waals surface area (Å²) in [5.41, 5.74) is -0.0630. The number of carbonyl (C=O) groups is 2. The lowest BCUT2D eigenvalue weighted by atomic mass is 9.97. The first-order valence-electron chi connectivity index (χ1n) is 6.94. The van der Waals surface area contributed by atoms with Crippen molar-refractivity contribution in [2.45, 2.75) is 19.8 Å². The fourth-order valence-electron chi connectivity index (χ4n) is 2.45. The largest absolute Gasteiger partial charge is 0.466 e. The number of nitrogens with zero attached hydrogens (tertiary/aromatic N) is 1. The zero-order valence-electron chi connectivity index (χ0n) is 11.8. The van der Waals surface area contributed by atoms with E-state index in [1.807, 2.05) is 0 Å². The Labute approximate surface area is 127 Å². The van der Waals surface area contributed by atoms with E-state index < -0.39 is 11.7 Å². The van der Waals surface area contributed by atoms with Crippen molar-refractivity contribution in [3.63, 3.8) is 0 Å². The molecular weight excluding hydrogens is 297 g/mol. The Kier molecular flexibility index (Phi) is 5.17. The van der Waals surface area contributed by atoms with E-state index in [1.165, 1.54) is 23.1 Å². The number of benzene rings is 1. The first-order chi connectivity index (χ1) is 10.0. The first kappa shape index (κ1) is 15.8. The third-order valence-electron chi connectivity index (χ3n) is 3.49. The van der Waals surface area contributed by atoms with Gasteiger partial charge in [0.1, 0.15) is 5.82 Å². The number of hydrogen-bond acceptors (Lipinski definition) is 3. The van der Waals surface area contributed by atoms with Crippen molar-refractivity contribution in [1.82, 2.24) is 4.90 Å². The van der Waals surface area contributed by atoms with Crippen LogP contribution in [0.4, 0.5) is 4.39 Å². The summed E-state index contributed by atoms with van der Waals surface area (Å²) in [7, 11) is 0. The predicted octanol–water partition coefficient (Wildman–Crippen LogP) is 2.89. The maximum Gasteiger partial charge on any atom is 0.310 e. The van der Waals surface area contributed by atoms with E-state index in [-0.39, 0.29) is 24.0 Å². The molecule has 1 aromatic carbocycles. The molecule has 0 N–H and O–H groups in total. The molecule has 1 amide bonds. The highest BCUT2D eigenvalue weighted by atomic mass is 35.5. The Morgan fingerprint density at radius 1 is 1.48 bits per heavy atom. The summed E-state index contributed by atoms with van der Waals surface area (Å²) in [5.74, 6) is -1.70. The van der Waals surface area contributed by atoms with Crippen LogP contribution in [0.2, 0.25) is 5.02 Å². The minimum Gasteiger partial charge on any atom is -0.466 e. The van der Waals surface area contributed by atoms with E-state index in [1.54, 1.807) is 6.92 Å². The molecular formula is C15H17ClFNO3. The van der Waals surface area contributed by atoms with Crippen molar-refractivity contribution in [2.24, 2.45) is 5.92 Å². The number of carbonyl (C=O) groups excluding carboxylic acids is 2. The Bertz CT molecular complexity index is 550. The number of esters is 1. The van der Waals surface area contributed by atoms with Crippen molar-refractivity contribution in [3.8, 4) is 0 Å². The molecule has 2 rings (SSSR count). The summed E-state index contributed by atoms with van der Waals surface area (Å²) in [6, 6.07) is 3.88. The normalized spacial score (nSPS) is 18.4. The summed E-state index contributed by atoms with van der Waals surface area (Å²) in [6.45, 7) is 2.81. The molecule has 1 atom stereocenters. The van der Waals surface area contributed by atoms with Crippen LogP contribution < -0.4 is 0 Å². The highest BCUT2D eigenvalue weighted by molar-refractivity contribution is 6.31. The molecule has 1 fully saturated rings. The van der Waals surface area contributed by atoms with Crippen molar-refractivity contribution < 1.29 is 18.7 Å². The van der Waals surface area contributed by atoms with Gasteiger partial charge in [0.15, 0.2) is 0 Å². The number of amides is 1. The molecule has 6 heteroatoms. The van der Waals surface area contributed by atoms with Crippen LogP contribution in [0.1, 0.15) is 30.1 Å². The third kappa shape index (κ3) is 3.73. The Morgan fingerprint density at radius 3 is 2.95 bits per heavy atom. The third-order valence-corrected chi connectivity index (χ3v) is 3.72. The van der Waals surface area contributed by atoms with Crippen LogP contribution in [0, 0.1) is 11.7 Å². The fraction of sp³-hybridized carbons (Fsp3) is 0.467. The zero-order chi connectivity index (χ0) is 15.4.